The summed E-state index contributed by atoms with van der Waals surface area (Å²) in [5.41, 5.74) is 4.61. The minimum atomic E-state index is -1.41. The molecule has 0 spiro atoms. The van der Waals surface area contributed by atoms with Crippen molar-refractivity contribution in [3.05, 3.63) is 132 Å². The van der Waals surface area contributed by atoms with E-state index in [2.05, 4.69) is 55.2 Å². The van der Waals surface area contributed by atoms with Crippen LogP contribution in [0.4, 0.5) is 4.79 Å². The van der Waals surface area contributed by atoms with Crippen LogP contribution in [0.5, 0.6) is 11.5 Å². The largest absolute Gasteiger partial charge is 0.459 e. The molecule has 392 valence electrons. The highest BCUT2D eigenvalue weighted by molar-refractivity contribution is 6.03. The molecule has 8 rings (SSSR count). The van der Waals surface area contributed by atoms with Crippen molar-refractivity contribution in [3.8, 4) is 11.5 Å². The number of nitrogens with one attached hydrogen (secondary N) is 1. The standard InChI is InChI=1S/C62H81N3O8/c1-3-5-6-7-8-9-10-11-12-20-36-63-61(69)72-50-34-35-56-54(41-50)58-52(31-19-22-38-67)48(27-18-21-37-66)40-53-55(64-71-44-45-24-14-13-15-25-45)42-57(62(73-56,59(53)58)70-39-4-2)65(60(68)47-32-33-47)43-49-29-23-28-46-26-16-17-30-51(46)49/h4,13-17,23-26,28-30,34-35,40-41,47-48,52,57-59,66-67H,2-3,5-12,18-22,27,31-33,36-39,42-44H2,1H3,(H,63,69). The molecule has 4 aromatic rings. The molecule has 6 atom stereocenters. The van der Waals surface area contributed by atoms with E-state index < -0.39 is 23.8 Å². The van der Waals surface area contributed by atoms with E-state index in [0.29, 0.717) is 43.9 Å². The third kappa shape index (κ3) is 13.6. The fraction of sp³-hybridized carbons (Fsp3) is 0.532. The van der Waals surface area contributed by atoms with Crippen LogP contribution in [0.1, 0.15) is 152 Å². The zero-order valence-corrected chi connectivity index (χ0v) is 43.4. The van der Waals surface area contributed by atoms with Crippen LogP contribution in [0.25, 0.3) is 10.8 Å². The number of amides is 2. The van der Waals surface area contributed by atoms with Crippen LogP contribution in [0.15, 0.2) is 120 Å². The molecule has 4 aliphatic rings. The van der Waals surface area contributed by atoms with Gasteiger partial charge in [0.15, 0.2) is 0 Å². The monoisotopic (exact) mass is 996 g/mol. The Balaban J connectivity index is 1.19. The summed E-state index contributed by atoms with van der Waals surface area (Å²) in [6.45, 7) is 7.85. The number of rotatable bonds is 30. The minimum Gasteiger partial charge on any atom is -0.459 e. The second kappa shape index (κ2) is 27.2. The van der Waals surface area contributed by atoms with Gasteiger partial charge in [-0.1, -0.05) is 168 Å². The van der Waals surface area contributed by atoms with Gasteiger partial charge in [-0.2, -0.15) is 0 Å². The molecule has 1 aliphatic heterocycles. The fourth-order valence-electron chi connectivity index (χ4n) is 11.9. The molecule has 1 heterocycles. The Bertz CT molecular complexity index is 2460. The van der Waals surface area contributed by atoms with E-state index in [9.17, 15) is 15.0 Å². The van der Waals surface area contributed by atoms with Gasteiger partial charge in [0.05, 0.1) is 18.2 Å². The molecule has 0 bridgehead atoms. The van der Waals surface area contributed by atoms with Gasteiger partial charge in [-0.25, -0.2) is 4.79 Å². The van der Waals surface area contributed by atoms with Crippen molar-refractivity contribution < 1.29 is 38.9 Å². The van der Waals surface area contributed by atoms with Crippen molar-refractivity contribution >= 4 is 28.5 Å². The number of hydrogen-bond donors (Lipinski definition) is 3. The van der Waals surface area contributed by atoms with Crippen LogP contribution in [-0.4, -0.2) is 71.0 Å². The highest BCUT2D eigenvalue weighted by atomic mass is 16.7. The number of carbonyl (C=O) groups excluding carboxylic acids is 2. The van der Waals surface area contributed by atoms with Crippen molar-refractivity contribution in [1.82, 2.24) is 10.2 Å². The van der Waals surface area contributed by atoms with Crippen LogP contribution in [0.2, 0.25) is 0 Å². The molecule has 2 amide bonds. The van der Waals surface area contributed by atoms with Crippen molar-refractivity contribution in [2.24, 2.45) is 28.8 Å². The molecular weight excluding hydrogens is 915 g/mol. The Morgan fingerprint density at radius 2 is 1.55 bits per heavy atom. The van der Waals surface area contributed by atoms with E-state index in [4.69, 9.17) is 24.2 Å². The first kappa shape index (κ1) is 53.8. The first-order valence-corrected chi connectivity index (χ1v) is 27.9. The average Bonchev–Trinajstić information content (AvgIpc) is 4.27. The topological polar surface area (TPSA) is 139 Å². The van der Waals surface area contributed by atoms with E-state index in [-0.39, 0.29) is 56.0 Å². The zero-order valence-electron chi connectivity index (χ0n) is 43.4. The van der Waals surface area contributed by atoms with Crippen molar-refractivity contribution in [2.75, 3.05) is 26.4 Å². The molecule has 6 unspecified atom stereocenters. The molecule has 11 nitrogen and oxygen atoms in total. The SMILES string of the molecule is C=CCOC12Oc3ccc(OC(=O)NCCCCCCCCCCCC)cc3C3C(CCCCO)C(CCCCO)C=C(C(=NOCc4ccccc4)CC1N(Cc1cccc4ccccc14)C(=O)C1CC1)C32. The number of hydrogen-bond acceptors (Lipinski definition) is 9. The number of allylic oxidation sites excluding steroid dienone is 1. The lowest BCUT2D eigenvalue weighted by Crippen LogP contribution is -2.70. The van der Waals surface area contributed by atoms with Crippen LogP contribution >= 0.6 is 0 Å². The Morgan fingerprint density at radius 3 is 2.29 bits per heavy atom. The summed E-state index contributed by atoms with van der Waals surface area (Å²) < 4.78 is 20.9. The molecular formula is C62H81N3O8. The number of nitrogens with zero attached hydrogens (tertiary/aromatic N) is 2. The predicted octanol–water partition coefficient (Wildman–Crippen LogP) is 13.1. The molecule has 2 saturated carbocycles. The van der Waals surface area contributed by atoms with E-state index >= 15 is 4.79 Å². The summed E-state index contributed by atoms with van der Waals surface area (Å²) >= 11 is 0. The highest BCUT2D eigenvalue weighted by Gasteiger charge is 2.66. The lowest BCUT2D eigenvalue weighted by Gasteiger charge is -2.60. The van der Waals surface area contributed by atoms with Gasteiger partial charge in [-0.3, -0.25) is 4.79 Å². The summed E-state index contributed by atoms with van der Waals surface area (Å²) in [4.78, 5) is 37.1. The molecule has 3 aliphatic carbocycles. The number of oxime groups is 1. The number of aliphatic hydroxyl groups excluding tert-OH is 2. The molecule has 0 radical (unpaired) electrons. The van der Waals surface area contributed by atoms with Crippen LogP contribution in [-0.2, 0) is 27.5 Å². The van der Waals surface area contributed by atoms with Gasteiger partial charge in [0.2, 0.25) is 11.7 Å². The summed E-state index contributed by atoms with van der Waals surface area (Å²) in [6, 6.07) is 29.6. The molecule has 11 heteroatoms. The third-order valence-electron chi connectivity index (χ3n) is 15.7. The van der Waals surface area contributed by atoms with E-state index in [0.717, 1.165) is 96.5 Å². The second-order valence-corrected chi connectivity index (χ2v) is 20.9. The Labute approximate surface area is 434 Å². The second-order valence-electron chi connectivity index (χ2n) is 20.9. The molecule has 0 aromatic heterocycles. The van der Waals surface area contributed by atoms with Gasteiger partial charge in [0.1, 0.15) is 24.1 Å². The number of fused-ring (bicyclic) bond motifs is 3. The quantitative estimate of drug-likeness (QED) is 0.0267. The van der Waals surface area contributed by atoms with Crippen molar-refractivity contribution in [1.29, 1.82) is 0 Å². The lowest BCUT2D eigenvalue weighted by atomic mass is 9.55. The summed E-state index contributed by atoms with van der Waals surface area (Å²) in [7, 11) is 0. The number of unbranched alkanes of at least 4 members (excludes halogenated alkanes) is 11. The molecule has 73 heavy (non-hydrogen) atoms. The molecule has 4 aromatic carbocycles. The third-order valence-corrected chi connectivity index (χ3v) is 15.7. The van der Waals surface area contributed by atoms with Gasteiger partial charge in [-0.15, -0.1) is 6.58 Å². The van der Waals surface area contributed by atoms with Crippen LogP contribution in [0, 0.1) is 23.7 Å². The van der Waals surface area contributed by atoms with Crippen LogP contribution < -0.4 is 14.8 Å². The molecule has 0 saturated heterocycles. The summed E-state index contributed by atoms with van der Waals surface area (Å²) in [5, 5.41) is 30.4. The van der Waals surface area contributed by atoms with Crippen LogP contribution in [0.3, 0.4) is 0 Å². The number of ether oxygens (including phenoxy) is 3. The Hall–Kier alpha value is -5.49. The number of benzene rings is 4. The molecule has 2 fully saturated rings. The predicted molar refractivity (Wildman–Crippen MR) is 289 cm³/mol. The average molecular weight is 996 g/mol. The smallest absolute Gasteiger partial charge is 0.412 e. The van der Waals surface area contributed by atoms with Gasteiger partial charge in [-0.05, 0) is 102 Å². The number of aliphatic hydroxyl groups is 2. The fourth-order valence-corrected chi connectivity index (χ4v) is 11.9. The van der Waals surface area contributed by atoms with E-state index in [1.807, 2.05) is 59.5 Å². The van der Waals surface area contributed by atoms with Gasteiger partial charge in [0.25, 0.3) is 0 Å². The Morgan fingerprint density at radius 1 is 0.836 bits per heavy atom. The number of carbonyl (C=O) groups is 2. The van der Waals surface area contributed by atoms with Crippen molar-refractivity contribution in [2.45, 2.75) is 160 Å². The van der Waals surface area contributed by atoms with E-state index in [1.54, 1.807) is 12.1 Å². The zero-order chi connectivity index (χ0) is 50.8. The lowest BCUT2D eigenvalue weighted by molar-refractivity contribution is -0.258. The highest BCUT2D eigenvalue weighted by Crippen LogP contribution is 2.62. The maximum atomic E-state index is 15.2. The normalized spacial score (nSPS) is 22.4. The summed E-state index contributed by atoms with van der Waals surface area (Å²) in [6.07, 6.45) is 22.2. The van der Waals surface area contributed by atoms with Gasteiger partial charge < -0.3 is 39.5 Å². The maximum absolute atomic E-state index is 15.2. The van der Waals surface area contributed by atoms with E-state index in [1.165, 1.54) is 44.9 Å². The minimum absolute atomic E-state index is 0.0182. The first-order valence-electron chi connectivity index (χ1n) is 27.9. The summed E-state index contributed by atoms with van der Waals surface area (Å²) in [5.74, 6) is -1.12. The maximum Gasteiger partial charge on any atom is 0.412 e. The van der Waals surface area contributed by atoms with Gasteiger partial charge in [0, 0.05) is 50.1 Å². The first-order chi connectivity index (χ1) is 35.9. The van der Waals surface area contributed by atoms with Gasteiger partial charge >= 0.3 is 6.09 Å². The van der Waals surface area contributed by atoms with Crippen molar-refractivity contribution in [3.63, 3.8) is 0 Å². The molecule has 3 N–H and O–H groups in total. The Kier molecular flexibility index (Phi) is 20.0.